The van der Waals surface area contributed by atoms with Gasteiger partial charge in [0.1, 0.15) is 5.82 Å². The Hall–Kier alpha value is -1.86. The summed E-state index contributed by atoms with van der Waals surface area (Å²) in [4.78, 5) is 6.76. The highest BCUT2D eigenvalue weighted by Gasteiger charge is 2.33. The number of nitrogens with zero attached hydrogens (tertiary/aromatic N) is 2. The molecule has 2 fully saturated rings. The van der Waals surface area contributed by atoms with Crippen molar-refractivity contribution in [1.82, 2.24) is 10.6 Å². The highest BCUT2D eigenvalue weighted by molar-refractivity contribution is 5.79. The largest absolute Gasteiger partial charge is 0.382 e. The minimum Gasteiger partial charge on any atom is -0.382 e. The van der Waals surface area contributed by atoms with Crippen LogP contribution in [-0.4, -0.2) is 58.6 Å². The molecule has 0 unspecified atom stereocenters. The average Bonchev–Trinajstić information content (AvgIpc) is 3.25. The van der Waals surface area contributed by atoms with Crippen molar-refractivity contribution < 1.29 is 13.9 Å². The first-order valence-corrected chi connectivity index (χ1v) is 11.9. The summed E-state index contributed by atoms with van der Waals surface area (Å²) < 4.78 is 25.7. The smallest absolute Gasteiger partial charge is 0.191 e. The molecule has 0 atom stereocenters. The molecule has 1 heterocycles. The molecule has 0 bridgehead atoms. The van der Waals surface area contributed by atoms with E-state index in [-0.39, 0.29) is 11.2 Å². The lowest BCUT2D eigenvalue weighted by Crippen LogP contribution is -2.43. The fraction of sp³-hybridized carbons (Fsp3) is 0.708. The Morgan fingerprint density at radius 2 is 1.97 bits per heavy atom. The van der Waals surface area contributed by atoms with Gasteiger partial charge in [0.15, 0.2) is 5.96 Å². The van der Waals surface area contributed by atoms with Gasteiger partial charge in [-0.05, 0) is 56.2 Å². The fourth-order valence-corrected chi connectivity index (χ4v) is 4.57. The molecule has 7 heteroatoms. The number of halogens is 1. The molecule has 31 heavy (non-hydrogen) atoms. The van der Waals surface area contributed by atoms with Crippen LogP contribution >= 0.6 is 0 Å². The van der Waals surface area contributed by atoms with Crippen LogP contribution in [0.15, 0.2) is 23.2 Å². The van der Waals surface area contributed by atoms with Crippen LogP contribution in [0.1, 0.15) is 51.5 Å². The van der Waals surface area contributed by atoms with E-state index in [0.29, 0.717) is 25.4 Å². The minimum atomic E-state index is -0.187. The molecule has 1 aromatic rings. The van der Waals surface area contributed by atoms with Crippen molar-refractivity contribution in [2.75, 3.05) is 57.5 Å². The number of hydrogen-bond acceptors (Lipinski definition) is 4. The molecule has 174 valence electrons. The summed E-state index contributed by atoms with van der Waals surface area (Å²) in [6.07, 6.45) is 6.13. The molecular formula is C24H39FN4O2. The molecule has 2 N–H and O–H groups in total. The van der Waals surface area contributed by atoms with Gasteiger partial charge in [0, 0.05) is 39.4 Å². The highest BCUT2D eigenvalue weighted by Crippen LogP contribution is 2.40. The quantitative estimate of drug-likeness (QED) is 0.334. The summed E-state index contributed by atoms with van der Waals surface area (Å²) >= 11 is 0. The lowest BCUT2D eigenvalue weighted by Gasteiger charge is -2.30. The molecule has 1 saturated carbocycles. The molecule has 0 spiro atoms. The topological polar surface area (TPSA) is 58.1 Å². The number of guanidine groups is 1. The number of benzene rings is 1. The number of morpholine rings is 1. The predicted octanol–water partition coefficient (Wildman–Crippen LogP) is 3.70. The first-order valence-electron chi connectivity index (χ1n) is 11.9. The van der Waals surface area contributed by atoms with Crippen LogP contribution in [0.3, 0.4) is 0 Å². The lowest BCUT2D eigenvalue weighted by molar-refractivity contribution is 0.105. The number of anilines is 1. The van der Waals surface area contributed by atoms with Crippen molar-refractivity contribution in [2.45, 2.75) is 52.5 Å². The summed E-state index contributed by atoms with van der Waals surface area (Å²) in [5, 5.41) is 6.88. The van der Waals surface area contributed by atoms with Crippen LogP contribution in [0, 0.1) is 11.2 Å². The Morgan fingerprint density at radius 3 is 2.65 bits per heavy atom. The van der Waals surface area contributed by atoms with Gasteiger partial charge in [0.25, 0.3) is 0 Å². The van der Waals surface area contributed by atoms with Gasteiger partial charge in [-0.2, -0.15) is 0 Å². The molecule has 1 saturated heterocycles. The van der Waals surface area contributed by atoms with Crippen molar-refractivity contribution >= 4 is 11.6 Å². The van der Waals surface area contributed by atoms with Crippen molar-refractivity contribution in [3.05, 3.63) is 29.6 Å². The maximum absolute atomic E-state index is 14.7. The van der Waals surface area contributed by atoms with Crippen molar-refractivity contribution in [2.24, 2.45) is 10.4 Å². The standard InChI is InChI=1S/C24H39FN4O2/c1-3-26-23(28-19-24(9-5-6-10-24)11-14-30-4-2)27-18-20-7-8-22(21(25)17-20)29-12-15-31-16-13-29/h7-8,17H,3-6,9-16,18-19H2,1-2H3,(H2,26,27,28). The second kappa shape index (κ2) is 12.2. The number of ether oxygens (including phenoxy) is 2. The third-order valence-electron chi connectivity index (χ3n) is 6.40. The molecule has 6 nitrogen and oxygen atoms in total. The monoisotopic (exact) mass is 434 g/mol. The van der Waals surface area contributed by atoms with Crippen LogP contribution < -0.4 is 15.5 Å². The van der Waals surface area contributed by atoms with E-state index in [0.717, 1.165) is 57.3 Å². The summed E-state index contributed by atoms with van der Waals surface area (Å²) in [6.45, 7) is 10.6. The number of nitrogens with one attached hydrogen (secondary N) is 2. The summed E-state index contributed by atoms with van der Waals surface area (Å²) in [6, 6.07) is 5.45. The molecule has 1 aromatic carbocycles. The van der Waals surface area contributed by atoms with E-state index in [1.165, 1.54) is 25.7 Å². The zero-order valence-electron chi connectivity index (χ0n) is 19.2. The summed E-state index contributed by atoms with van der Waals surface area (Å²) in [5.41, 5.74) is 1.81. The lowest BCUT2D eigenvalue weighted by atomic mass is 9.83. The van der Waals surface area contributed by atoms with Crippen LogP contribution in [0.25, 0.3) is 0 Å². The minimum absolute atomic E-state index is 0.187. The van der Waals surface area contributed by atoms with Crippen LogP contribution in [0.4, 0.5) is 10.1 Å². The molecule has 0 amide bonds. The van der Waals surface area contributed by atoms with Crippen molar-refractivity contribution in [1.29, 1.82) is 0 Å². The van der Waals surface area contributed by atoms with Gasteiger partial charge < -0.3 is 25.0 Å². The molecule has 3 rings (SSSR count). The third-order valence-corrected chi connectivity index (χ3v) is 6.40. The maximum Gasteiger partial charge on any atom is 0.191 e. The van der Waals surface area contributed by atoms with Crippen molar-refractivity contribution in [3.63, 3.8) is 0 Å². The summed E-state index contributed by atoms with van der Waals surface area (Å²) in [7, 11) is 0. The summed E-state index contributed by atoms with van der Waals surface area (Å²) in [5.74, 6) is 0.608. The van der Waals surface area contributed by atoms with Crippen molar-refractivity contribution in [3.8, 4) is 0 Å². The van der Waals surface area contributed by atoms with E-state index >= 15 is 0 Å². The predicted molar refractivity (Wildman–Crippen MR) is 124 cm³/mol. The van der Waals surface area contributed by atoms with E-state index in [2.05, 4.69) is 17.6 Å². The second-order valence-electron chi connectivity index (χ2n) is 8.59. The van der Waals surface area contributed by atoms with Crippen LogP contribution in [0.2, 0.25) is 0 Å². The maximum atomic E-state index is 14.7. The second-order valence-corrected chi connectivity index (χ2v) is 8.59. The molecule has 0 aromatic heterocycles. The van der Waals surface area contributed by atoms with Gasteiger partial charge in [-0.15, -0.1) is 0 Å². The van der Waals surface area contributed by atoms with Gasteiger partial charge in [0.2, 0.25) is 0 Å². The number of aliphatic imine (C=N–C) groups is 1. The van der Waals surface area contributed by atoms with Gasteiger partial charge in [-0.3, -0.25) is 0 Å². The van der Waals surface area contributed by atoms with E-state index in [9.17, 15) is 4.39 Å². The Morgan fingerprint density at radius 1 is 1.19 bits per heavy atom. The molecular weight excluding hydrogens is 395 g/mol. The molecule has 1 aliphatic carbocycles. The first kappa shape index (κ1) is 23.8. The normalized spacial score (nSPS) is 18.9. The molecule has 2 aliphatic rings. The number of hydrogen-bond donors (Lipinski definition) is 2. The highest BCUT2D eigenvalue weighted by atomic mass is 19.1. The fourth-order valence-electron chi connectivity index (χ4n) is 4.57. The Balaban J connectivity index is 1.59. The van der Waals surface area contributed by atoms with E-state index in [4.69, 9.17) is 14.5 Å². The van der Waals surface area contributed by atoms with Gasteiger partial charge >= 0.3 is 0 Å². The number of rotatable bonds is 10. The third kappa shape index (κ3) is 7.07. The SMILES string of the molecule is CCNC(=NCc1ccc(N2CCOCC2)c(F)c1)NCC1(CCOCC)CCCC1. The zero-order valence-corrected chi connectivity index (χ0v) is 19.2. The Bertz CT molecular complexity index is 701. The van der Waals surface area contributed by atoms with E-state index in [1.54, 1.807) is 6.07 Å². The van der Waals surface area contributed by atoms with Gasteiger partial charge in [-0.25, -0.2) is 9.38 Å². The Kier molecular flexibility index (Phi) is 9.40. The average molecular weight is 435 g/mol. The zero-order chi connectivity index (χ0) is 21.9. The van der Waals surface area contributed by atoms with E-state index < -0.39 is 0 Å². The van der Waals surface area contributed by atoms with Crippen LogP contribution in [0.5, 0.6) is 0 Å². The van der Waals surface area contributed by atoms with Crippen LogP contribution in [-0.2, 0) is 16.0 Å². The molecule has 1 aliphatic heterocycles. The van der Waals surface area contributed by atoms with Gasteiger partial charge in [-0.1, -0.05) is 18.9 Å². The van der Waals surface area contributed by atoms with E-state index in [1.807, 2.05) is 24.0 Å². The Labute approximate surface area is 186 Å². The first-order chi connectivity index (χ1) is 15.2. The van der Waals surface area contributed by atoms with Gasteiger partial charge in [0.05, 0.1) is 25.4 Å². The molecule has 0 radical (unpaired) electrons.